The number of hydrogen-bond acceptors (Lipinski definition) is 2. The molecule has 0 aliphatic carbocycles. The highest BCUT2D eigenvalue weighted by atomic mass is 35.5. The summed E-state index contributed by atoms with van der Waals surface area (Å²) in [5.74, 6) is -0.340. The van der Waals surface area contributed by atoms with Gasteiger partial charge in [-0.15, -0.1) is 0 Å². The summed E-state index contributed by atoms with van der Waals surface area (Å²) in [6.07, 6.45) is 1.42. The molecule has 5 heteroatoms. The van der Waals surface area contributed by atoms with Crippen molar-refractivity contribution >= 4 is 17.3 Å². The quantitative estimate of drug-likeness (QED) is 0.786. The minimum absolute atomic E-state index is 0.288. The van der Waals surface area contributed by atoms with Gasteiger partial charge in [0.15, 0.2) is 5.15 Å². The van der Waals surface area contributed by atoms with E-state index in [1.807, 2.05) is 0 Å². The van der Waals surface area contributed by atoms with Crippen LogP contribution in [-0.4, -0.2) is 9.78 Å². The second-order valence-electron chi connectivity index (χ2n) is 2.78. The molecule has 2 N–H and O–H groups in total. The van der Waals surface area contributed by atoms with E-state index in [1.165, 1.54) is 23.0 Å². The van der Waals surface area contributed by atoms with Crippen LogP contribution in [0, 0.1) is 5.82 Å². The first-order chi connectivity index (χ1) is 6.68. The monoisotopic (exact) mass is 211 g/mol. The molecule has 72 valence electrons. The van der Waals surface area contributed by atoms with Crippen molar-refractivity contribution in [2.75, 3.05) is 5.73 Å². The van der Waals surface area contributed by atoms with Crippen molar-refractivity contribution in [3.8, 4) is 5.69 Å². The SMILES string of the molecule is Nc1cnn(-c2cccc(F)c2)c1Cl. The molecule has 3 nitrogen and oxygen atoms in total. The maximum absolute atomic E-state index is 12.9. The first-order valence-corrected chi connectivity index (χ1v) is 4.31. The van der Waals surface area contributed by atoms with Crippen LogP contribution in [0.4, 0.5) is 10.1 Å². The summed E-state index contributed by atoms with van der Waals surface area (Å²) in [6.45, 7) is 0. The fourth-order valence-electron chi connectivity index (χ4n) is 1.13. The number of aromatic nitrogens is 2. The molecule has 0 unspecified atom stereocenters. The molecule has 0 radical (unpaired) electrons. The Hall–Kier alpha value is -1.55. The van der Waals surface area contributed by atoms with Crippen molar-refractivity contribution in [2.45, 2.75) is 0 Å². The van der Waals surface area contributed by atoms with E-state index in [0.717, 1.165) is 0 Å². The lowest BCUT2D eigenvalue weighted by Crippen LogP contribution is -1.96. The Labute approximate surface area is 84.9 Å². The van der Waals surface area contributed by atoms with Crippen molar-refractivity contribution < 1.29 is 4.39 Å². The number of halogens is 2. The van der Waals surface area contributed by atoms with Gasteiger partial charge in [0.1, 0.15) is 5.82 Å². The minimum Gasteiger partial charge on any atom is -0.395 e. The fraction of sp³-hybridized carbons (Fsp3) is 0. The smallest absolute Gasteiger partial charge is 0.155 e. The summed E-state index contributed by atoms with van der Waals surface area (Å²) in [7, 11) is 0. The van der Waals surface area contributed by atoms with Gasteiger partial charge in [0, 0.05) is 0 Å². The van der Waals surface area contributed by atoms with E-state index >= 15 is 0 Å². The van der Waals surface area contributed by atoms with Crippen LogP contribution in [0.25, 0.3) is 5.69 Å². The van der Waals surface area contributed by atoms with Crippen LogP contribution in [0.5, 0.6) is 0 Å². The van der Waals surface area contributed by atoms with E-state index in [0.29, 0.717) is 11.4 Å². The third-order valence-corrected chi connectivity index (χ3v) is 2.17. The Balaban J connectivity index is 2.55. The third-order valence-electron chi connectivity index (χ3n) is 1.79. The molecule has 0 spiro atoms. The Kier molecular flexibility index (Phi) is 2.13. The van der Waals surface area contributed by atoms with Crippen molar-refractivity contribution in [1.82, 2.24) is 9.78 Å². The first kappa shape index (κ1) is 9.02. The van der Waals surface area contributed by atoms with Gasteiger partial charge in [0.05, 0.1) is 17.6 Å². The highest BCUT2D eigenvalue weighted by Crippen LogP contribution is 2.21. The second kappa shape index (κ2) is 3.31. The highest BCUT2D eigenvalue weighted by Gasteiger charge is 2.07. The molecule has 1 heterocycles. The van der Waals surface area contributed by atoms with Crippen LogP contribution in [0.1, 0.15) is 0 Å². The number of hydrogen-bond donors (Lipinski definition) is 1. The van der Waals surface area contributed by atoms with E-state index in [-0.39, 0.29) is 11.0 Å². The van der Waals surface area contributed by atoms with Gasteiger partial charge in [0.25, 0.3) is 0 Å². The highest BCUT2D eigenvalue weighted by molar-refractivity contribution is 6.32. The number of nitrogens with two attached hydrogens (primary N) is 1. The molecule has 1 aromatic carbocycles. The zero-order valence-electron chi connectivity index (χ0n) is 7.11. The number of rotatable bonds is 1. The number of anilines is 1. The summed E-state index contributed by atoms with van der Waals surface area (Å²) in [5, 5.41) is 4.21. The number of nitrogen functional groups attached to an aromatic ring is 1. The predicted octanol–water partition coefficient (Wildman–Crippen LogP) is 2.25. The zero-order valence-corrected chi connectivity index (χ0v) is 7.87. The molecule has 0 fully saturated rings. The topological polar surface area (TPSA) is 43.8 Å². The lowest BCUT2D eigenvalue weighted by Gasteiger charge is -2.02. The molecule has 2 rings (SSSR count). The molecule has 0 saturated heterocycles. The molecule has 0 saturated carbocycles. The van der Waals surface area contributed by atoms with E-state index in [2.05, 4.69) is 5.10 Å². The molecule has 14 heavy (non-hydrogen) atoms. The summed E-state index contributed by atoms with van der Waals surface area (Å²) >= 11 is 5.85. The Morgan fingerprint density at radius 2 is 2.21 bits per heavy atom. The fourth-order valence-corrected chi connectivity index (χ4v) is 1.32. The summed E-state index contributed by atoms with van der Waals surface area (Å²) in [4.78, 5) is 0. The van der Waals surface area contributed by atoms with Gasteiger partial charge in [-0.25, -0.2) is 9.07 Å². The van der Waals surface area contributed by atoms with Crippen LogP contribution in [0.15, 0.2) is 30.5 Å². The maximum Gasteiger partial charge on any atom is 0.155 e. The maximum atomic E-state index is 12.9. The van der Waals surface area contributed by atoms with Gasteiger partial charge >= 0.3 is 0 Å². The van der Waals surface area contributed by atoms with E-state index in [4.69, 9.17) is 17.3 Å². The van der Waals surface area contributed by atoms with Gasteiger partial charge in [-0.05, 0) is 18.2 Å². The van der Waals surface area contributed by atoms with Gasteiger partial charge in [0.2, 0.25) is 0 Å². The molecular formula is C9H7ClFN3. The first-order valence-electron chi connectivity index (χ1n) is 3.93. The number of benzene rings is 1. The lowest BCUT2D eigenvalue weighted by molar-refractivity contribution is 0.625. The van der Waals surface area contributed by atoms with Gasteiger partial charge in [-0.1, -0.05) is 17.7 Å². The predicted molar refractivity (Wildman–Crippen MR) is 52.9 cm³/mol. The van der Waals surface area contributed by atoms with Crippen LogP contribution in [-0.2, 0) is 0 Å². The van der Waals surface area contributed by atoms with E-state index in [1.54, 1.807) is 12.1 Å². The second-order valence-corrected chi connectivity index (χ2v) is 3.14. The Morgan fingerprint density at radius 3 is 2.79 bits per heavy atom. The van der Waals surface area contributed by atoms with Gasteiger partial charge in [-0.2, -0.15) is 5.10 Å². The lowest BCUT2D eigenvalue weighted by atomic mass is 10.3. The normalized spacial score (nSPS) is 10.4. The molecule has 0 atom stereocenters. The average molecular weight is 212 g/mol. The summed E-state index contributed by atoms with van der Waals surface area (Å²) in [6, 6.07) is 5.96. The van der Waals surface area contributed by atoms with Crippen LogP contribution >= 0.6 is 11.6 Å². The van der Waals surface area contributed by atoms with Crippen molar-refractivity contribution in [3.05, 3.63) is 41.4 Å². The standard InChI is InChI=1S/C9H7ClFN3/c10-9-8(12)5-13-14(9)7-3-1-2-6(11)4-7/h1-5H,12H2. The Bertz CT molecular complexity index is 467. The molecule has 0 bridgehead atoms. The molecule has 1 aromatic heterocycles. The number of nitrogens with zero attached hydrogens (tertiary/aromatic N) is 2. The summed E-state index contributed by atoms with van der Waals surface area (Å²) < 4.78 is 14.3. The average Bonchev–Trinajstić information content (AvgIpc) is 2.48. The van der Waals surface area contributed by atoms with Crippen molar-refractivity contribution in [1.29, 1.82) is 0 Å². The van der Waals surface area contributed by atoms with Crippen molar-refractivity contribution in [2.24, 2.45) is 0 Å². The van der Waals surface area contributed by atoms with Gasteiger partial charge in [-0.3, -0.25) is 0 Å². The molecular weight excluding hydrogens is 205 g/mol. The van der Waals surface area contributed by atoms with E-state index in [9.17, 15) is 4.39 Å². The molecule has 0 aliphatic heterocycles. The molecule has 0 aliphatic rings. The van der Waals surface area contributed by atoms with Gasteiger partial charge < -0.3 is 5.73 Å². The molecule has 2 aromatic rings. The van der Waals surface area contributed by atoms with Crippen LogP contribution < -0.4 is 5.73 Å². The van der Waals surface area contributed by atoms with Crippen LogP contribution in [0.2, 0.25) is 5.15 Å². The van der Waals surface area contributed by atoms with Crippen LogP contribution in [0.3, 0.4) is 0 Å². The van der Waals surface area contributed by atoms with E-state index < -0.39 is 0 Å². The zero-order chi connectivity index (χ0) is 10.1. The third kappa shape index (κ3) is 1.44. The largest absolute Gasteiger partial charge is 0.395 e. The molecule has 0 amide bonds. The minimum atomic E-state index is -0.340. The Morgan fingerprint density at radius 1 is 1.43 bits per heavy atom. The van der Waals surface area contributed by atoms with Crippen molar-refractivity contribution in [3.63, 3.8) is 0 Å². The summed E-state index contributed by atoms with van der Waals surface area (Å²) in [5.41, 5.74) is 6.43.